The molecule has 1 heterocycles. The Kier molecular flexibility index (Phi) is 2.76. The lowest BCUT2D eigenvalue weighted by Gasteiger charge is -2.16. The second-order valence-corrected chi connectivity index (χ2v) is 4.43. The molecule has 0 radical (unpaired) electrons. The Balaban J connectivity index is 2.47. The normalized spacial score (nSPS) is 24.1. The van der Waals surface area contributed by atoms with Crippen LogP contribution in [0.3, 0.4) is 0 Å². The van der Waals surface area contributed by atoms with Crippen molar-refractivity contribution in [1.29, 1.82) is 0 Å². The first-order valence-corrected chi connectivity index (χ1v) is 5.43. The van der Waals surface area contributed by atoms with E-state index in [1.165, 1.54) is 12.1 Å². The van der Waals surface area contributed by atoms with Gasteiger partial charge in [-0.25, -0.2) is 4.39 Å². The second kappa shape index (κ2) is 3.94. The molecular weight excluding hydrogens is 231 g/mol. The minimum atomic E-state index is -0.496. The SMILES string of the molecule is CC1Nc2cc(F)c(Cl)cc2NC(=O)C1C. The Morgan fingerprint density at radius 1 is 1.31 bits per heavy atom. The fourth-order valence-electron chi connectivity index (χ4n) is 1.61. The van der Waals surface area contributed by atoms with Crippen LogP contribution < -0.4 is 10.6 Å². The molecule has 1 aromatic rings. The zero-order chi connectivity index (χ0) is 11.9. The van der Waals surface area contributed by atoms with Crippen molar-refractivity contribution >= 4 is 28.9 Å². The van der Waals surface area contributed by atoms with E-state index < -0.39 is 5.82 Å². The summed E-state index contributed by atoms with van der Waals surface area (Å²) in [5.74, 6) is -0.778. The predicted molar refractivity (Wildman–Crippen MR) is 62.3 cm³/mol. The van der Waals surface area contributed by atoms with Gasteiger partial charge < -0.3 is 10.6 Å². The van der Waals surface area contributed by atoms with Gasteiger partial charge in [-0.1, -0.05) is 18.5 Å². The molecule has 2 atom stereocenters. The maximum atomic E-state index is 13.3. The van der Waals surface area contributed by atoms with E-state index in [2.05, 4.69) is 10.6 Å². The number of anilines is 2. The van der Waals surface area contributed by atoms with Crippen molar-refractivity contribution in [3.05, 3.63) is 23.0 Å². The second-order valence-electron chi connectivity index (χ2n) is 4.02. The first-order chi connectivity index (χ1) is 7.49. The van der Waals surface area contributed by atoms with Crippen LogP contribution in [-0.2, 0) is 4.79 Å². The van der Waals surface area contributed by atoms with Crippen molar-refractivity contribution in [2.24, 2.45) is 5.92 Å². The van der Waals surface area contributed by atoms with Crippen LogP contribution in [0.15, 0.2) is 12.1 Å². The number of benzene rings is 1. The molecule has 16 heavy (non-hydrogen) atoms. The summed E-state index contributed by atoms with van der Waals surface area (Å²) >= 11 is 5.67. The first-order valence-electron chi connectivity index (χ1n) is 5.05. The molecule has 2 N–H and O–H groups in total. The third-order valence-electron chi connectivity index (χ3n) is 2.87. The van der Waals surface area contributed by atoms with Gasteiger partial charge in [-0.2, -0.15) is 0 Å². The molecule has 0 spiro atoms. The van der Waals surface area contributed by atoms with Crippen LogP contribution >= 0.6 is 11.6 Å². The van der Waals surface area contributed by atoms with E-state index >= 15 is 0 Å². The van der Waals surface area contributed by atoms with Gasteiger partial charge in [0, 0.05) is 12.1 Å². The molecule has 1 aliphatic heterocycles. The lowest BCUT2D eigenvalue weighted by atomic mass is 10.0. The van der Waals surface area contributed by atoms with Crippen molar-refractivity contribution in [3.8, 4) is 0 Å². The lowest BCUT2D eigenvalue weighted by Crippen LogP contribution is -2.30. The van der Waals surface area contributed by atoms with E-state index in [0.717, 1.165) is 0 Å². The number of carbonyl (C=O) groups excluding carboxylic acids is 1. The van der Waals surface area contributed by atoms with Crippen LogP contribution in [0.1, 0.15) is 13.8 Å². The first kappa shape index (κ1) is 11.2. The van der Waals surface area contributed by atoms with Gasteiger partial charge in [-0.3, -0.25) is 4.79 Å². The molecule has 2 rings (SSSR count). The van der Waals surface area contributed by atoms with E-state index in [4.69, 9.17) is 11.6 Å². The standard InChI is InChI=1S/C11H12ClFN2O/c1-5-6(2)14-10-4-8(13)7(12)3-9(10)15-11(5)16/h3-6,14H,1-2H3,(H,15,16). The molecule has 3 nitrogen and oxygen atoms in total. The zero-order valence-corrected chi connectivity index (χ0v) is 9.73. The molecule has 2 unspecified atom stereocenters. The number of halogens is 2. The number of fused-ring (bicyclic) bond motifs is 1. The smallest absolute Gasteiger partial charge is 0.229 e. The molecule has 5 heteroatoms. The number of amides is 1. The van der Waals surface area contributed by atoms with E-state index in [-0.39, 0.29) is 22.9 Å². The fourth-order valence-corrected chi connectivity index (χ4v) is 1.78. The molecule has 0 fully saturated rings. The Labute approximate surface area is 98.0 Å². The van der Waals surface area contributed by atoms with Gasteiger partial charge in [-0.15, -0.1) is 0 Å². The minimum absolute atomic E-state index is 0.00283. The quantitative estimate of drug-likeness (QED) is 0.735. The van der Waals surface area contributed by atoms with E-state index in [0.29, 0.717) is 11.4 Å². The molecule has 1 aliphatic rings. The summed E-state index contributed by atoms with van der Waals surface area (Å²) in [6, 6.07) is 2.66. The number of carbonyl (C=O) groups is 1. The van der Waals surface area contributed by atoms with Crippen LogP contribution in [0.4, 0.5) is 15.8 Å². The maximum absolute atomic E-state index is 13.3. The minimum Gasteiger partial charge on any atom is -0.380 e. The molecule has 0 aliphatic carbocycles. The number of rotatable bonds is 0. The fraction of sp³-hybridized carbons (Fsp3) is 0.364. The largest absolute Gasteiger partial charge is 0.380 e. The summed E-state index contributed by atoms with van der Waals surface area (Å²) in [6.45, 7) is 3.70. The van der Waals surface area contributed by atoms with Crippen molar-refractivity contribution in [3.63, 3.8) is 0 Å². The highest BCUT2D eigenvalue weighted by Gasteiger charge is 2.26. The topological polar surface area (TPSA) is 41.1 Å². The van der Waals surface area contributed by atoms with Crippen LogP contribution in [0.25, 0.3) is 0 Å². The van der Waals surface area contributed by atoms with Gasteiger partial charge in [0.2, 0.25) is 5.91 Å². The van der Waals surface area contributed by atoms with Gasteiger partial charge in [0.25, 0.3) is 0 Å². The number of nitrogens with one attached hydrogen (secondary N) is 2. The van der Waals surface area contributed by atoms with Gasteiger partial charge in [0.05, 0.1) is 22.3 Å². The molecule has 0 bridgehead atoms. The zero-order valence-electron chi connectivity index (χ0n) is 8.97. The Hall–Kier alpha value is -1.29. The summed E-state index contributed by atoms with van der Waals surface area (Å²) in [4.78, 5) is 11.7. The Morgan fingerprint density at radius 2 is 2.00 bits per heavy atom. The van der Waals surface area contributed by atoms with E-state index in [1.807, 2.05) is 13.8 Å². The Morgan fingerprint density at radius 3 is 2.69 bits per heavy atom. The third kappa shape index (κ3) is 1.85. The van der Waals surface area contributed by atoms with Gasteiger partial charge in [-0.05, 0) is 13.0 Å². The molecule has 0 aromatic heterocycles. The van der Waals surface area contributed by atoms with Gasteiger partial charge in [0.1, 0.15) is 5.82 Å². The summed E-state index contributed by atoms with van der Waals surface area (Å²) in [6.07, 6.45) is 0. The highest BCUT2D eigenvalue weighted by atomic mass is 35.5. The average molecular weight is 243 g/mol. The summed E-state index contributed by atoms with van der Waals surface area (Å²) < 4.78 is 13.3. The predicted octanol–water partition coefficient (Wildman–Crippen LogP) is 2.87. The van der Waals surface area contributed by atoms with Crippen molar-refractivity contribution in [2.75, 3.05) is 10.6 Å². The lowest BCUT2D eigenvalue weighted by molar-refractivity contribution is -0.119. The van der Waals surface area contributed by atoms with Crippen LogP contribution in [-0.4, -0.2) is 11.9 Å². The van der Waals surface area contributed by atoms with Crippen LogP contribution in [0.5, 0.6) is 0 Å². The summed E-state index contributed by atoms with van der Waals surface area (Å²) in [7, 11) is 0. The maximum Gasteiger partial charge on any atom is 0.229 e. The van der Waals surface area contributed by atoms with Crippen molar-refractivity contribution < 1.29 is 9.18 Å². The number of hydrogen-bond acceptors (Lipinski definition) is 2. The summed E-state index contributed by atoms with van der Waals surface area (Å²) in [5, 5.41) is 5.81. The molecule has 1 amide bonds. The highest BCUT2D eigenvalue weighted by Crippen LogP contribution is 2.32. The molecule has 86 valence electrons. The van der Waals surface area contributed by atoms with E-state index in [1.54, 1.807) is 0 Å². The van der Waals surface area contributed by atoms with Gasteiger partial charge >= 0.3 is 0 Å². The van der Waals surface area contributed by atoms with Gasteiger partial charge in [0.15, 0.2) is 0 Å². The molecule has 0 saturated heterocycles. The van der Waals surface area contributed by atoms with Crippen molar-refractivity contribution in [1.82, 2.24) is 0 Å². The van der Waals surface area contributed by atoms with E-state index in [9.17, 15) is 9.18 Å². The number of hydrogen-bond donors (Lipinski definition) is 2. The van der Waals surface area contributed by atoms with Crippen LogP contribution in [0, 0.1) is 11.7 Å². The molecular formula is C11H12ClFN2O. The molecule has 1 aromatic carbocycles. The average Bonchev–Trinajstić information content (AvgIpc) is 2.31. The van der Waals surface area contributed by atoms with Crippen molar-refractivity contribution in [2.45, 2.75) is 19.9 Å². The Bertz CT molecular complexity index is 450. The monoisotopic (exact) mass is 242 g/mol. The third-order valence-corrected chi connectivity index (χ3v) is 3.15. The summed E-state index contributed by atoms with van der Waals surface area (Å²) in [5.41, 5.74) is 1.08. The highest BCUT2D eigenvalue weighted by molar-refractivity contribution is 6.31. The molecule has 0 saturated carbocycles. The van der Waals surface area contributed by atoms with Crippen LogP contribution in [0.2, 0.25) is 5.02 Å².